The first kappa shape index (κ1) is 21.3. The molecule has 7 nitrogen and oxygen atoms in total. The SMILES string of the molecule is CCOC(=O)C1=C(N)N2C(=O)[C@H](C)SC2=C(C(=O)OCC)[C@H]1c1ccccc1Cl. The second-order valence-corrected chi connectivity index (χ2v) is 8.08. The highest BCUT2D eigenvalue weighted by Gasteiger charge is 2.49. The zero-order valence-electron chi connectivity index (χ0n) is 16.2. The Balaban J connectivity index is 2.32. The van der Waals surface area contributed by atoms with Crippen LogP contribution in [-0.2, 0) is 23.9 Å². The van der Waals surface area contributed by atoms with Crippen molar-refractivity contribution in [3.05, 3.63) is 56.8 Å². The van der Waals surface area contributed by atoms with Crippen LogP contribution < -0.4 is 5.73 Å². The Hall–Kier alpha value is -2.45. The van der Waals surface area contributed by atoms with Gasteiger partial charge < -0.3 is 15.2 Å². The summed E-state index contributed by atoms with van der Waals surface area (Å²) >= 11 is 7.62. The molecule has 9 heteroatoms. The van der Waals surface area contributed by atoms with Crippen molar-refractivity contribution in [3.63, 3.8) is 0 Å². The normalized spacial score (nSPS) is 21.4. The fraction of sp³-hybridized carbons (Fsp3) is 0.350. The number of thioether (sulfide) groups is 1. The summed E-state index contributed by atoms with van der Waals surface area (Å²) in [4.78, 5) is 39.8. The van der Waals surface area contributed by atoms with E-state index < -0.39 is 23.1 Å². The molecule has 2 N–H and O–H groups in total. The van der Waals surface area contributed by atoms with Gasteiger partial charge >= 0.3 is 11.9 Å². The van der Waals surface area contributed by atoms with Crippen LogP contribution in [0.25, 0.3) is 0 Å². The van der Waals surface area contributed by atoms with Crippen molar-refractivity contribution in [1.82, 2.24) is 4.90 Å². The number of carbonyl (C=O) groups excluding carboxylic acids is 3. The summed E-state index contributed by atoms with van der Waals surface area (Å²) in [5.74, 6) is -2.64. The van der Waals surface area contributed by atoms with Crippen LogP contribution in [0.2, 0.25) is 5.02 Å². The summed E-state index contributed by atoms with van der Waals surface area (Å²) in [7, 11) is 0. The molecule has 2 atom stereocenters. The van der Waals surface area contributed by atoms with Crippen molar-refractivity contribution in [1.29, 1.82) is 0 Å². The van der Waals surface area contributed by atoms with Crippen molar-refractivity contribution in [2.75, 3.05) is 13.2 Å². The fourth-order valence-corrected chi connectivity index (χ4v) is 4.77. The summed E-state index contributed by atoms with van der Waals surface area (Å²) in [5, 5.41) is 0.239. The number of halogens is 1. The Morgan fingerprint density at radius 2 is 1.72 bits per heavy atom. The van der Waals surface area contributed by atoms with Gasteiger partial charge in [0.2, 0.25) is 5.91 Å². The molecule has 0 aromatic heterocycles. The first-order valence-electron chi connectivity index (χ1n) is 9.16. The maximum atomic E-state index is 13.0. The van der Waals surface area contributed by atoms with Gasteiger partial charge in [0.1, 0.15) is 5.82 Å². The number of carbonyl (C=O) groups is 3. The Kier molecular flexibility index (Phi) is 6.24. The molecule has 1 fully saturated rings. The number of ether oxygens (including phenoxy) is 2. The summed E-state index contributed by atoms with van der Waals surface area (Å²) in [6.07, 6.45) is 0. The zero-order valence-corrected chi connectivity index (χ0v) is 17.8. The summed E-state index contributed by atoms with van der Waals surface area (Å²) in [5.41, 5.74) is 6.95. The first-order valence-corrected chi connectivity index (χ1v) is 10.4. The third kappa shape index (κ3) is 3.62. The lowest BCUT2D eigenvalue weighted by molar-refractivity contribution is -0.139. The van der Waals surface area contributed by atoms with Crippen LogP contribution >= 0.6 is 23.4 Å². The average Bonchev–Trinajstić information content (AvgIpc) is 2.97. The number of hydrogen-bond acceptors (Lipinski definition) is 7. The average molecular weight is 437 g/mol. The van der Waals surface area contributed by atoms with Gasteiger partial charge in [-0.2, -0.15) is 0 Å². The van der Waals surface area contributed by atoms with Gasteiger partial charge in [-0.25, -0.2) is 9.59 Å². The van der Waals surface area contributed by atoms with E-state index in [1.807, 2.05) is 0 Å². The van der Waals surface area contributed by atoms with E-state index in [0.29, 0.717) is 15.6 Å². The Morgan fingerprint density at radius 3 is 2.31 bits per heavy atom. The number of nitrogens with zero attached hydrogens (tertiary/aromatic N) is 1. The van der Waals surface area contributed by atoms with Gasteiger partial charge in [-0.15, -0.1) is 0 Å². The molecule has 2 heterocycles. The molecule has 0 bridgehead atoms. The van der Waals surface area contributed by atoms with Gasteiger partial charge in [0, 0.05) is 5.02 Å². The van der Waals surface area contributed by atoms with E-state index in [2.05, 4.69) is 0 Å². The molecule has 3 rings (SSSR count). The maximum Gasteiger partial charge on any atom is 0.338 e. The van der Waals surface area contributed by atoms with Crippen LogP contribution in [-0.4, -0.2) is 41.2 Å². The number of hydrogen-bond donors (Lipinski definition) is 1. The van der Waals surface area contributed by atoms with Crippen LogP contribution in [0, 0.1) is 0 Å². The number of fused-ring (bicyclic) bond motifs is 1. The van der Waals surface area contributed by atoms with E-state index in [-0.39, 0.29) is 36.1 Å². The van der Waals surface area contributed by atoms with E-state index in [4.69, 9.17) is 26.8 Å². The van der Waals surface area contributed by atoms with Gasteiger partial charge in [0.25, 0.3) is 0 Å². The maximum absolute atomic E-state index is 13.0. The van der Waals surface area contributed by atoms with Gasteiger partial charge in [0.15, 0.2) is 0 Å². The van der Waals surface area contributed by atoms with Crippen LogP contribution in [0.15, 0.2) is 46.3 Å². The summed E-state index contributed by atoms with van der Waals surface area (Å²) < 4.78 is 10.5. The Morgan fingerprint density at radius 1 is 1.14 bits per heavy atom. The van der Waals surface area contributed by atoms with Crippen molar-refractivity contribution in [2.45, 2.75) is 31.9 Å². The highest BCUT2D eigenvalue weighted by molar-refractivity contribution is 8.04. The minimum absolute atomic E-state index is 0.00481. The van der Waals surface area contributed by atoms with Gasteiger partial charge in [-0.05, 0) is 32.4 Å². The standard InChI is InChI=1S/C20H21ClN2O5S/c1-4-27-19(25)14-13(11-8-6-7-9-12(11)21)15(20(26)28-5-2)18-23(16(14)22)17(24)10(3)29-18/h6-10,13H,4-5,22H2,1-3H3/t10-,13-/m0/s1. The van der Waals surface area contributed by atoms with Crippen molar-refractivity contribution in [2.24, 2.45) is 5.73 Å². The molecular formula is C20H21ClN2O5S. The minimum atomic E-state index is -0.918. The topological polar surface area (TPSA) is 98.9 Å². The number of esters is 2. The van der Waals surface area contributed by atoms with Crippen LogP contribution in [0.1, 0.15) is 32.3 Å². The van der Waals surface area contributed by atoms with Gasteiger partial charge in [-0.3, -0.25) is 9.69 Å². The third-order valence-electron chi connectivity index (χ3n) is 4.59. The summed E-state index contributed by atoms with van der Waals surface area (Å²) in [6, 6.07) is 6.85. The molecule has 1 aromatic rings. The molecule has 2 aliphatic rings. The Labute approximate surface area is 177 Å². The van der Waals surface area contributed by atoms with Gasteiger partial charge in [0.05, 0.1) is 40.6 Å². The quantitative estimate of drug-likeness (QED) is 0.708. The molecule has 0 aliphatic carbocycles. The van der Waals surface area contributed by atoms with Crippen molar-refractivity contribution in [3.8, 4) is 0 Å². The van der Waals surface area contributed by atoms with E-state index >= 15 is 0 Å². The first-order chi connectivity index (χ1) is 13.8. The van der Waals surface area contributed by atoms with Crippen LogP contribution in [0.4, 0.5) is 0 Å². The number of amides is 1. The molecular weight excluding hydrogens is 416 g/mol. The minimum Gasteiger partial charge on any atom is -0.463 e. The number of benzene rings is 1. The van der Waals surface area contributed by atoms with Crippen LogP contribution in [0.3, 0.4) is 0 Å². The number of rotatable bonds is 5. The lowest BCUT2D eigenvalue weighted by atomic mass is 9.82. The predicted molar refractivity (Wildman–Crippen MR) is 110 cm³/mol. The van der Waals surface area contributed by atoms with E-state index in [9.17, 15) is 14.4 Å². The molecule has 154 valence electrons. The van der Waals surface area contributed by atoms with Gasteiger partial charge in [-0.1, -0.05) is 41.6 Å². The lowest BCUT2D eigenvalue weighted by Crippen LogP contribution is -2.40. The molecule has 0 spiro atoms. The predicted octanol–water partition coefficient (Wildman–Crippen LogP) is 2.91. The molecule has 1 amide bonds. The molecule has 1 saturated heterocycles. The number of nitrogens with two attached hydrogens (primary N) is 1. The third-order valence-corrected chi connectivity index (χ3v) is 6.12. The molecule has 2 aliphatic heterocycles. The monoisotopic (exact) mass is 436 g/mol. The molecule has 0 saturated carbocycles. The van der Waals surface area contributed by atoms with Crippen molar-refractivity contribution >= 4 is 41.2 Å². The highest BCUT2D eigenvalue weighted by Crippen LogP contribution is 2.50. The summed E-state index contributed by atoms with van der Waals surface area (Å²) in [6.45, 7) is 5.29. The lowest BCUT2D eigenvalue weighted by Gasteiger charge is -2.33. The largest absolute Gasteiger partial charge is 0.463 e. The molecule has 0 radical (unpaired) electrons. The smallest absolute Gasteiger partial charge is 0.338 e. The van der Waals surface area contributed by atoms with E-state index in [1.54, 1.807) is 45.0 Å². The molecule has 1 aromatic carbocycles. The second kappa shape index (κ2) is 8.51. The zero-order chi connectivity index (χ0) is 21.3. The van der Waals surface area contributed by atoms with Crippen LogP contribution in [0.5, 0.6) is 0 Å². The highest BCUT2D eigenvalue weighted by atomic mass is 35.5. The molecule has 29 heavy (non-hydrogen) atoms. The van der Waals surface area contributed by atoms with Crippen molar-refractivity contribution < 1.29 is 23.9 Å². The van der Waals surface area contributed by atoms with E-state index in [1.165, 1.54) is 16.7 Å². The van der Waals surface area contributed by atoms with E-state index in [0.717, 1.165) is 0 Å². The molecule has 0 unspecified atom stereocenters. The fourth-order valence-electron chi connectivity index (χ4n) is 3.37. The Bertz CT molecular complexity index is 943. The second-order valence-electron chi connectivity index (χ2n) is 6.35.